The minimum Gasteiger partial charge on any atom is -0.494 e. The quantitative estimate of drug-likeness (QED) is 0.855. The molecule has 1 aromatic heterocycles. The van der Waals surface area contributed by atoms with Crippen molar-refractivity contribution in [3.05, 3.63) is 40.1 Å². The Morgan fingerprint density at radius 1 is 1.33 bits per heavy atom. The maximum absolute atomic E-state index is 12.4. The molecule has 0 aliphatic heterocycles. The van der Waals surface area contributed by atoms with Crippen molar-refractivity contribution in [1.82, 2.24) is 0 Å². The average molecular weight is 326 g/mol. The molecule has 0 amide bonds. The van der Waals surface area contributed by atoms with E-state index in [1.165, 1.54) is 11.3 Å². The number of nitrogens with one attached hydrogen (secondary N) is 1. The fraction of sp³-hybridized carbons (Fsp3) is 0.286. The van der Waals surface area contributed by atoms with Crippen LogP contribution in [0.15, 0.2) is 35.2 Å². The first kappa shape index (κ1) is 15.8. The zero-order valence-electron chi connectivity index (χ0n) is 11.9. The van der Waals surface area contributed by atoms with Crippen LogP contribution in [0.2, 0.25) is 0 Å². The first-order chi connectivity index (χ1) is 9.96. The molecule has 5 nitrogen and oxygen atoms in total. The molecule has 0 spiro atoms. The number of aryl methyl sites for hydroxylation is 1. The van der Waals surface area contributed by atoms with Crippen LogP contribution in [0.5, 0.6) is 5.75 Å². The monoisotopic (exact) mass is 326 g/mol. The van der Waals surface area contributed by atoms with Gasteiger partial charge in [-0.15, -0.1) is 11.3 Å². The van der Waals surface area contributed by atoms with Crippen molar-refractivity contribution in [3.8, 4) is 5.75 Å². The summed E-state index contributed by atoms with van der Waals surface area (Å²) < 4.78 is 32.8. The van der Waals surface area contributed by atoms with Crippen LogP contribution in [-0.2, 0) is 16.6 Å². The lowest BCUT2D eigenvalue weighted by Crippen LogP contribution is -2.13. The molecule has 0 saturated heterocycles. The van der Waals surface area contributed by atoms with Crippen molar-refractivity contribution in [3.63, 3.8) is 0 Å². The maximum Gasteiger partial charge on any atom is 0.263 e. The van der Waals surface area contributed by atoms with Crippen LogP contribution in [-0.4, -0.2) is 15.0 Å². The number of hydrogen-bond acceptors (Lipinski definition) is 5. The smallest absolute Gasteiger partial charge is 0.263 e. The van der Waals surface area contributed by atoms with Crippen molar-refractivity contribution >= 4 is 27.0 Å². The molecule has 7 heteroatoms. The second kappa shape index (κ2) is 6.46. The number of ether oxygens (including phenoxy) is 1. The van der Waals surface area contributed by atoms with Gasteiger partial charge in [0.25, 0.3) is 10.0 Å². The Bertz CT molecular complexity index is 724. The van der Waals surface area contributed by atoms with Gasteiger partial charge in [0.05, 0.1) is 12.3 Å². The number of sulfonamides is 1. The van der Waals surface area contributed by atoms with Crippen LogP contribution in [0.1, 0.15) is 16.7 Å². The third kappa shape index (κ3) is 3.75. The summed E-state index contributed by atoms with van der Waals surface area (Å²) in [7, 11) is -3.62. The molecule has 0 aliphatic carbocycles. The second-order valence-corrected chi connectivity index (χ2v) is 7.40. The van der Waals surface area contributed by atoms with Crippen LogP contribution in [0, 0.1) is 6.92 Å². The van der Waals surface area contributed by atoms with Gasteiger partial charge in [0.1, 0.15) is 10.6 Å². The summed E-state index contributed by atoms with van der Waals surface area (Å²) in [5.41, 5.74) is 6.03. The minimum atomic E-state index is -3.62. The van der Waals surface area contributed by atoms with E-state index in [0.29, 0.717) is 24.6 Å². The Kier molecular flexibility index (Phi) is 4.87. The molecule has 114 valence electrons. The Morgan fingerprint density at radius 2 is 2.10 bits per heavy atom. The molecule has 21 heavy (non-hydrogen) atoms. The van der Waals surface area contributed by atoms with Crippen LogP contribution >= 0.6 is 11.3 Å². The third-order valence-corrected chi connectivity index (χ3v) is 5.52. The van der Waals surface area contributed by atoms with Crippen LogP contribution in [0.4, 0.5) is 5.69 Å². The number of rotatable bonds is 6. The summed E-state index contributed by atoms with van der Waals surface area (Å²) in [4.78, 5) is 1.84. The summed E-state index contributed by atoms with van der Waals surface area (Å²) in [6, 6.07) is 8.49. The minimum absolute atomic E-state index is 0.273. The summed E-state index contributed by atoms with van der Waals surface area (Å²) in [5.74, 6) is 0.627. The number of thiophene rings is 1. The number of hydrogen-bond donors (Lipinski definition) is 2. The molecule has 0 unspecified atom stereocenters. The van der Waals surface area contributed by atoms with Crippen molar-refractivity contribution in [2.24, 2.45) is 5.73 Å². The summed E-state index contributed by atoms with van der Waals surface area (Å²) in [5, 5.41) is 0. The second-order valence-electron chi connectivity index (χ2n) is 4.40. The molecular weight excluding hydrogens is 308 g/mol. The highest BCUT2D eigenvalue weighted by molar-refractivity contribution is 7.93. The first-order valence-corrected chi connectivity index (χ1v) is 8.81. The lowest BCUT2D eigenvalue weighted by atomic mass is 10.3. The van der Waals surface area contributed by atoms with Gasteiger partial charge in [-0.1, -0.05) is 6.07 Å². The molecule has 0 bridgehead atoms. The molecule has 0 fully saturated rings. The summed E-state index contributed by atoms with van der Waals surface area (Å²) in [6.45, 7) is 4.51. The Morgan fingerprint density at radius 3 is 2.71 bits per heavy atom. The van der Waals surface area contributed by atoms with E-state index < -0.39 is 10.0 Å². The molecule has 0 aliphatic rings. The van der Waals surface area contributed by atoms with E-state index >= 15 is 0 Å². The van der Waals surface area contributed by atoms with Crippen molar-refractivity contribution in [2.75, 3.05) is 11.3 Å². The number of benzene rings is 1. The predicted octanol–water partition coefficient (Wildman–Crippen LogP) is 2.71. The van der Waals surface area contributed by atoms with Gasteiger partial charge in [-0.2, -0.15) is 0 Å². The molecule has 0 radical (unpaired) electrons. The van der Waals surface area contributed by atoms with E-state index in [0.717, 1.165) is 9.75 Å². The number of nitrogens with two attached hydrogens (primary N) is 1. The summed E-state index contributed by atoms with van der Waals surface area (Å²) >= 11 is 1.39. The lowest BCUT2D eigenvalue weighted by molar-refractivity contribution is 0.340. The Labute approximate surface area is 128 Å². The standard InChI is InChI=1S/C14H18N2O3S2/c1-3-19-12-6-4-5-11(7-12)16-21(17,18)14-8-13(9-15)20-10(14)2/h4-8,16H,3,9,15H2,1-2H3. The molecule has 1 aromatic carbocycles. The SMILES string of the molecule is CCOc1cccc(NS(=O)(=O)c2cc(CN)sc2C)c1. The third-order valence-electron chi connectivity index (χ3n) is 2.81. The van der Waals surface area contributed by atoms with E-state index in [2.05, 4.69) is 4.72 Å². The molecule has 3 N–H and O–H groups in total. The van der Waals surface area contributed by atoms with Gasteiger partial charge in [0, 0.05) is 22.4 Å². The topological polar surface area (TPSA) is 81.4 Å². The number of anilines is 1. The van der Waals surface area contributed by atoms with Gasteiger partial charge >= 0.3 is 0 Å². The fourth-order valence-electron chi connectivity index (χ4n) is 1.92. The molecular formula is C14H18N2O3S2. The van der Waals surface area contributed by atoms with E-state index in [4.69, 9.17) is 10.5 Å². The molecule has 0 saturated carbocycles. The van der Waals surface area contributed by atoms with E-state index in [-0.39, 0.29) is 4.90 Å². The van der Waals surface area contributed by atoms with E-state index in [1.54, 1.807) is 37.3 Å². The maximum atomic E-state index is 12.4. The predicted molar refractivity (Wildman–Crippen MR) is 85.4 cm³/mol. The van der Waals surface area contributed by atoms with Gasteiger partial charge < -0.3 is 10.5 Å². The van der Waals surface area contributed by atoms with Crippen LogP contribution < -0.4 is 15.2 Å². The first-order valence-electron chi connectivity index (χ1n) is 6.51. The van der Waals surface area contributed by atoms with Crippen molar-refractivity contribution < 1.29 is 13.2 Å². The van der Waals surface area contributed by atoms with Gasteiger partial charge in [0.15, 0.2) is 0 Å². The average Bonchev–Trinajstić information content (AvgIpc) is 2.81. The van der Waals surface area contributed by atoms with E-state index in [9.17, 15) is 8.42 Å². The fourth-order valence-corrected chi connectivity index (χ4v) is 4.48. The molecule has 0 atom stereocenters. The van der Waals surface area contributed by atoms with Crippen molar-refractivity contribution in [1.29, 1.82) is 0 Å². The van der Waals surface area contributed by atoms with E-state index in [1.807, 2.05) is 6.92 Å². The van der Waals surface area contributed by atoms with Gasteiger partial charge in [-0.25, -0.2) is 8.42 Å². The molecule has 2 rings (SSSR count). The Hall–Kier alpha value is -1.57. The van der Waals surface area contributed by atoms with Crippen LogP contribution in [0.25, 0.3) is 0 Å². The van der Waals surface area contributed by atoms with Gasteiger partial charge in [-0.05, 0) is 32.0 Å². The highest BCUT2D eigenvalue weighted by atomic mass is 32.2. The van der Waals surface area contributed by atoms with Gasteiger partial charge in [-0.3, -0.25) is 4.72 Å². The summed E-state index contributed by atoms with van der Waals surface area (Å²) in [6.07, 6.45) is 0. The van der Waals surface area contributed by atoms with Crippen molar-refractivity contribution in [2.45, 2.75) is 25.3 Å². The van der Waals surface area contributed by atoms with Crippen LogP contribution in [0.3, 0.4) is 0 Å². The van der Waals surface area contributed by atoms with Gasteiger partial charge in [0.2, 0.25) is 0 Å². The largest absolute Gasteiger partial charge is 0.494 e. The normalized spacial score (nSPS) is 11.4. The highest BCUT2D eigenvalue weighted by Crippen LogP contribution is 2.28. The highest BCUT2D eigenvalue weighted by Gasteiger charge is 2.20. The zero-order chi connectivity index (χ0) is 15.5. The molecule has 1 heterocycles. The molecule has 2 aromatic rings. The Balaban J connectivity index is 2.28. The lowest BCUT2D eigenvalue weighted by Gasteiger charge is -2.09. The zero-order valence-corrected chi connectivity index (χ0v) is 13.6.